The molecule has 2 aromatic rings. The van der Waals surface area contributed by atoms with Gasteiger partial charge in [0.25, 0.3) is 0 Å². The first kappa shape index (κ1) is 28.5. The third kappa shape index (κ3) is 7.75. The van der Waals surface area contributed by atoms with E-state index < -0.39 is 20.0 Å². The number of halogens is 1. The Balaban J connectivity index is 1.56. The molecule has 0 unspecified atom stereocenters. The van der Waals surface area contributed by atoms with Crippen LogP contribution < -0.4 is 4.72 Å². The van der Waals surface area contributed by atoms with Crippen LogP contribution in [-0.2, 0) is 50.7 Å². The lowest BCUT2D eigenvalue weighted by molar-refractivity contribution is 0.0368. The van der Waals surface area contributed by atoms with Crippen molar-refractivity contribution in [3.8, 4) is 11.3 Å². The van der Waals surface area contributed by atoms with Gasteiger partial charge in [-0.25, -0.2) is 21.6 Å². The van der Waals surface area contributed by atoms with Crippen molar-refractivity contribution < 1.29 is 21.6 Å². The molecule has 0 atom stereocenters. The van der Waals surface area contributed by atoms with Crippen LogP contribution in [0, 0.1) is 0 Å². The number of aryl methyl sites for hydroxylation is 2. The predicted molar refractivity (Wildman–Crippen MR) is 145 cm³/mol. The van der Waals surface area contributed by atoms with Gasteiger partial charge in [-0.05, 0) is 37.0 Å². The second-order valence-electron chi connectivity index (χ2n) is 9.73. The first-order valence-electron chi connectivity index (χ1n) is 12.6. The van der Waals surface area contributed by atoms with Crippen LogP contribution in [0.4, 0.5) is 0 Å². The minimum Gasteiger partial charge on any atom is -0.379 e. The van der Waals surface area contributed by atoms with Gasteiger partial charge in [0.15, 0.2) is 0 Å². The number of nitrogens with zero attached hydrogens (tertiary/aromatic N) is 4. The zero-order valence-corrected chi connectivity index (χ0v) is 23.8. The highest BCUT2D eigenvalue weighted by atomic mass is 35.5. The summed E-state index contributed by atoms with van der Waals surface area (Å²) in [5.41, 5.74) is 4.59. The van der Waals surface area contributed by atoms with E-state index in [9.17, 15) is 16.8 Å². The number of ether oxygens (including phenoxy) is 1. The van der Waals surface area contributed by atoms with E-state index in [-0.39, 0.29) is 0 Å². The average Bonchev–Trinajstić information content (AvgIpc) is 3.20. The van der Waals surface area contributed by atoms with E-state index in [0.717, 1.165) is 80.1 Å². The molecule has 1 fully saturated rings. The summed E-state index contributed by atoms with van der Waals surface area (Å²) in [6, 6.07) is 5.74. The van der Waals surface area contributed by atoms with Gasteiger partial charge in [0.05, 0.1) is 31.4 Å². The molecule has 1 saturated heterocycles. The molecule has 3 heterocycles. The third-order valence-electron chi connectivity index (χ3n) is 6.82. The summed E-state index contributed by atoms with van der Waals surface area (Å²) in [4.78, 5) is 2.40. The molecule has 1 aromatic heterocycles. The summed E-state index contributed by atoms with van der Waals surface area (Å²) in [5.74, 6) is 0. The molecule has 10 nitrogen and oxygen atoms in total. The van der Waals surface area contributed by atoms with Crippen LogP contribution >= 0.6 is 11.6 Å². The van der Waals surface area contributed by atoms with Gasteiger partial charge >= 0.3 is 0 Å². The molecule has 0 spiro atoms. The Morgan fingerprint density at radius 2 is 1.81 bits per heavy atom. The van der Waals surface area contributed by atoms with Gasteiger partial charge in [-0.15, -0.1) is 0 Å². The predicted octanol–water partition coefficient (Wildman–Crippen LogP) is 1.73. The van der Waals surface area contributed by atoms with E-state index >= 15 is 0 Å². The van der Waals surface area contributed by atoms with E-state index in [1.54, 1.807) is 0 Å². The van der Waals surface area contributed by atoms with Gasteiger partial charge in [0.1, 0.15) is 0 Å². The summed E-state index contributed by atoms with van der Waals surface area (Å²) in [7, 11) is -6.57. The molecular formula is C24H36ClN5O5S2. The van der Waals surface area contributed by atoms with Crippen molar-refractivity contribution in [3.63, 3.8) is 0 Å². The largest absolute Gasteiger partial charge is 0.379 e. The minimum atomic E-state index is -3.33. The zero-order chi connectivity index (χ0) is 26.6. The number of rotatable bonds is 11. The zero-order valence-electron chi connectivity index (χ0n) is 21.4. The summed E-state index contributed by atoms with van der Waals surface area (Å²) >= 11 is 6.46. The van der Waals surface area contributed by atoms with Gasteiger partial charge in [0, 0.05) is 74.1 Å². The van der Waals surface area contributed by atoms with Crippen molar-refractivity contribution in [1.82, 2.24) is 23.7 Å². The maximum Gasteiger partial charge on any atom is 0.211 e. The molecule has 2 aliphatic rings. The quantitative estimate of drug-likeness (QED) is 0.407. The lowest BCUT2D eigenvalue weighted by atomic mass is 9.99. The van der Waals surface area contributed by atoms with Crippen molar-refractivity contribution in [2.45, 2.75) is 38.8 Å². The van der Waals surface area contributed by atoms with Crippen LogP contribution in [0.5, 0.6) is 0 Å². The fourth-order valence-electron chi connectivity index (χ4n) is 4.88. The standard InChI is InChI=1S/C24H36ClN5O5S2/c1-36(31,32)26-9-3-5-19-17-20(6-7-22(19)25)24-21-18-29(37(2,33)34)12-8-23(21)30(27-24)11-4-10-28-13-15-35-16-14-28/h6-7,17,26H,3-5,8-16,18H2,1-2H3. The lowest BCUT2D eigenvalue weighted by Crippen LogP contribution is -2.37. The molecule has 2 aliphatic heterocycles. The normalized spacial score (nSPS) is 17.7. The Morgan fingerprint density at radius 3 is 2.51 bits per heavy atom. The van der Waals surface area contributed by atoms with Gasteiger partial charge in [-0.1, -0.05) is 17.7 Å². The molecule has 0 bridgehead atoms. The van der Waals surface area contributed by atoms with E-state index in [1.807, 2.05) is 18.2 Å². The van der Waals surface area contributed by atoms with E-state index in [2.05, 4.69) is 14.3 Å². The highest BCUT2D eigenvalue weighted by molar-refractivity contribution is 7.88. The molecule has 37 heavy (non-hydrogen) atoms. The van der Waals surface area contributed by atoms with Gasteiger partial charge in [-0.2, -0.15) is 9.40 Å². The van der Waals surface area contributed by atoms with Gasteiger partial charge in [0.2, 0.25) is 20.0 Å². The van der Waals surface area contributed by atoms with Crippen LogP contribution in [0.3, 0.4) is 0 Å². The van der Waals surface area contributed by atoms with Gasteiger partial charge in [-0.3, -0.25) is 9.58 Å². The Kier molecular flexibility index (Phi) is 9.31. The van der Waals surface area contributed by atoms with E-state index in [4.69, 9.17) is 21.4 Å². The Labute approximate surface area is 225 Å². The average molecular weight is 574 g/mol. The Morgan fingerprint density at radius 1 is 1.05 bits per heavy atom. The van der Waals surface area contributed by atoms with Crippen LogP contribution in [0.2, 0.25) is 5.02 Å². The fourth-order valence-corrected chi connectivity index (χ4v) is 6.40. The summed E-state index contributed by atoms with van der Waals surface area (Å²) < 4.78 is 58.9. The highest BCUT2D eigenvalue weighted by Crippen LogP contribution is 2.33. The monoisotopic (exact) mass is 573 g/mol. The number of hydrogen-bond acceptors (Lipinski definition) is 7. The highest BCUT2D eigenvalue weighted by Gasteiger charge is 2.30. The molecule has 0 aliphatic carbocycles. The van der Waals surface area contributed by atoms with Crippen LogP contribution in [0.25, 0.3) is 11.3 Å². The topological polar surface area (TPSA) is 114 Å². The Hall–Kier alpha value is -1.54. The van der Waals surface area contributed by atoms with Crippen molar-refractivity contribution in [3.05, 3.63) is 40.0 Å². The Bertz CT molecular complexity index is 1310. The third-order valence-corrected chi connectivity index (χ3v) is 9.17. The first-order valence-corrected chi connectivity index (χ1v) is 16.7. The number of morpholine rings is 1. The van der Waals surface area contributed by atoms with Crippen molar-refractivity contribution in [1.29, 1.82) is 0 Å². The van der Waals surface area contributed by atoms with E-state index in [1.165, 1.54) is 10.6 Å². The molecule has 0 saturated carbocycles. The number of hydrogen-bond donors (Lipinski definition) is 1. The van der Waals surface area contributed by atoms with Crippen LogP contribution in [0.15, 0.2) is 18.2 Å². The maximum absolute atomic E-state index is 12.3. The first-order chi connectivity index (χ1) is 17.5. The summed E-state index contributed by atoms with van der Waals surface area (Å²) in [6.07, 6.45) is 5.16. The molecule has 0 amide bonds. The smallest absolute Gasteiger partial charge is 0.211 e. The lowest BCUT2D eigenvalue weighted by Gasteiger charge is -2.27. The van der Waals surface area contributed by atoms with Crippen LogP contribution in [0.1, 0.15) is 29.7 Å². The second-order valence-corrected chi connectivity index (χ2v) is 13.9. The van der Waals surface area contributed by atoms with Crippen molar-refractivity contribution in [2.24, 2.45) is 0 Å². The molecule has 0 radical (unpaired) electrons. The number of fused-ring (bicyclic) bond motifs is 1. The van der Waals surface area contributed by atoms with Crippen LogP contribution in [-0.4, -0.2) is 94.3 Å². The maximum atomic E-state index is 12.3. The van der Waals surface area contributed by atoms with Crippen molar-refractivity contribution >= 4 is 31.6 Å². The minimum absolute atomic E-state index is 0.295. The van der Waals surface area contributed by atoms with Gasteiger partial charge < -0.3 is 4.74 Å². The summed E-state index contributed by atoms with van der Waals surface area (Å²) in [5, 5.41) is 5.59. The molecule has 1 aromatic carbocycles. The summed E-state index contributed by atoms with van der Waals surface area (Å²) in [6.45, 7) is 6.22. The fraction of sp³-hybridized carbons (Fsp3) is 0.625. The number of nitrogens with one attached hydrogen (secondary N) is 1. The molecule has 13 heteroatoms. The number of aromatic nitrogens is 2. The number of benzene rings is 1. The van der Waals surface area contributed by atoms with E-state index in [0.29, 0.717) is 43.9 Å². The SMILES string of the molecule is CS(=O)(=O)NCCCc1cc(-c2nn(CCCN3CCOCC3)c3c2CN(S(C)(=O)=O)CC3)ccc1Cl. The second kappa shape index (κ2) is 12.1. The number of sulfonamides is 2. The molecule has 4 rings (SSSR count). The molecule has 206 valence electrons. The van der Waals surface area contributed by atoms with Crippen molar-refractivity contribution in [2.75, 3.05) is 58.4 Å². The molecule has 1 N–H and O–H groups in total. The molecular weight excluding hydrogens is 538 g/mol.